The summed E-state index contributed by atoms with van der Waals surface area (Å²) in [7, 11) is 1.29. The summed E-state index contributed by atoms with van der Waals surface area (Å²) in [5.41, 5.74) is 0.627. The van der Waals surface area contributed by atoms with Crippen molar-refractivity contribution in [3.63, 3.8) is 0 Å². The molecule has 0 saturated heterocycles. The monoisotopic (exact) mass is 319 g/mol. The Hall–Kier alpha value is -2.37. The highest BCUT2D eigenvalue weighted by Crippen LogP contribution is 2.17. The largest absolute Gasteiger partial charge is 0.465 e. The van der Waals surface area contributed by atoms with Crippen molar-refractivity contribution in [2.24, 2.45) is 0 Å². The SMILES string of the molecule is COC(=O)c1ccc(C(=O)OCC(=O)NC2CCCCC2)cc1. The number of hydrogen-bond acceptors (Lipinski definition) is 5. The van der Waals surface area contributed by atoms with Crippen LogP contribution in [-0.4, -0.2) is 37.6 Å². The lowest BCUT2D eigenvalue weighted by Gasteiger charge is -2.22. The van der Waals surface area contributed by atoms with E-state index in [0.717, 1.165) is 25.7 Å². The molecule has 1 saturated carbocycles. The van der Waals surface area contributed by atoms with Gasteiger partial charge in [0.1, 0.15) is 0 Å². The number of benzene rings is 1. The van der Waals surface area contributed by atoms with Gasteiger partial charge in [0, 0.05) is 6.04 Å². The Bertz CT molecular complexity index is 561. The fourth-order valence-electron chi connectivity index (χ4n) is 2.59. The number of nitrogens with one attached hydrogen (secondary N) is 1. The second-order valence-corrected chi connectivity index (χ2v) is 5.55. The normalized spacial score (nSPS) is 14.8. The molecule has 6 nitrogen and oxygen atoms in total. The third-order valence-electron chi connectivity index (χ3n) is 3.85. The number of rotatable bonds is 5. The second-order valence-electron chi connectivity index (χ2n) is 5.55. The minimum atomic E-state index is -0.597. The third kappa shape index (κ3) is 5.09. The lowest BCUT2D eigenvalue weighted by Crippen LogP contribution is -2.38. The predicted molar refractivity (Wildman–Crippen MR) is 83.1 cm³/mol. The average Bonchev–Trinajstić information content (AvgIpc) is 2.60. The van der Waals surface area contributed by atoms with Gasteiger partial charge in [-0.3, -0.25) is 4.79 Å². The Labute approximate surface area is 135 Å². The Balaban J connectivity index is 1.79. The molecule has 1 aliphatic carbocycles. The Morgan fingerprint density at radius 3 is 2.13 bits per heavy atom. The standard InChI is InChI=1S/C17H21NO5/c1-22-16(20)12-7-9-13(10-8-12)17(21)23-11-15(19)18-14-5-3-2-4-6-14/h7-10,14H,2-6,11H2,1H3,(H,18,19). The molecule has 1 fully saturated rings. The maximum absolute atomic E-state index is 11.9. The first-order chi connectivity index (χ1) is 11.1. The van der Waals surface area contributed by atoms with Crippen LogP contribution in [0.4, 0.5) is 0 Å². The molecule has 1 aromatic carbocycles. The summed E-state index contributed by atoms with van der Waals surface area (Å²) < 4.78 is 9.57. The molecule has 1 N–H and O–H groups in total. The van der Waals surface area contributed by atoms with Crippen LogP contribution >= 0.6 is 0 Å². The number of methoxy groups -OCH3 is 1. The van der Waals surface area contributed by atoms with Gasteiger partial charge in [-0.2, -0.15) is 0 Å². The fourth-order valence-corrected chi connectivity index (χ4v) is 2.59. The van der Waals surface area contributed by atoms with Crippen LogP contribution < -0.4 is 5.32 Å². The van der Waals surface area contributed by atoms with Crippen LogP contribution in [0.3, 0.4) is 0 Å². The molecule has 0 aromatic heterocycles. The summed E-state index contributed by atoms with van der Waals surface area (Å²) in [4.78, 5) is 35.0. The molecule has 1 amide bonds. The van der Waals surface area contributed by atoms with E-state index in [0.29, 0.717) is 5.56 Å². The van der Waals surface area contributed by atoms with Gasteiger partial charge < -0.3 is 14.8 Å². The number of ether oxygens (including phenoxy) is 2. The first kappa shape index (κ1) is 17.0. The van der Waals surface area contributed by atoms with Gasteiger partial charge in [-0.25, -0.2) is 9.59 Å². The number of esters is 2. The van der Waals surface area contributed by atoms with Crippen molar-refractivity contribution in [2.45, 2.75) is 38.1 Å². The van der Waals surface area contributed by atoms with Crippen molar-refractivity contribution in [1.82, 2.24) is 5.32 Å². The molecule has 1 aromatic rings. The van der Waals surface area contributed by atoms with E-state index in [1.165, 1.54) is 37.8 Å². The quantitative estimate of drug-likeness (QED) is 0.840. The Morgan fingerprint density at radius 1 is 1.00 bits per heavy atom. The van der Waals surface area contributed by atoms with E-state index in [1.54, 1.807) is 0 Å². The van der Waals surface area contributed by atoms with E-state index in [-0.39, 0.29) is 24.1 Å². The number of carbonyl (C=O) groups is 3. The summed E-state index contributed by atoms with van der Waals surface area (Å²) >= 11 is 0. The van der Waals surface area contributed by atoms with Crippen LogP contribution in [0.25, 0.3) is 0 Å². The van der Waals surface area contributed by atoms with Crippen LogP contribution in [0.1, 0.15) is 52.8 Å². The molecule has 23 heavy (non-hydrogen) atoms. The molecule has 0 atom stereocenters. The fraction of sp³-hybridized carbons (Fsp3) is 0.471. The molecule has 0 unspecified atom stereocenters. The number of hydrogen-bond donors (Lipinski definition) is 1. The third-order valence-corrected chi connectivity index (χ3v) is 3.85. The number of carbonyl (C=O) groups excluding carboxylic acids is 3. The minimum absolute atomic E-state index is 0.189. The summed E-state index contributed by atoms with van der Waals surface area (Å²) in [6.07, 6.45) is 5.42. The van der Waals surface area contributed by atoms with Crippen LogP contribution in [0.15, 0.2) is 24.3 Å². The zero-order chi connectivity index (χ0) is 16.7. The van der Waals surface area contributed by atoms with E-state index in [4.69, 9.17) is 4.74 Å². The summed E-state index contributed by atoms with van der Waals surface area (Å²) in [5.74, 6) is -1.35. The lowest BCUT2D eigenvalue weighted by molar-refractivity contribution is -0.125. The maximum Gasteiger partial charge on any atom is 0.338 e. The van der Waals surface area contributed by atoms with Crippen LogP contribution in [0, 0.1) is 0 Å². The topological polar surface area (TPSA) is 81.7 Å². The molecule has 6 heteroatoms. The van der Waals surface area contributed by atoms with Crippen molar-refractivity contribution < 1.29 is 23.9 Å². The smallest absolute Gasteiger partial charge is 0.338 e. The molecule has 0 bridgehead atoms. The van der Waals surface area contributed by atoms with E-state index in [1.807, 2.05) is 0 Å². The molecule has 0 radical (unpaired) electrons. The lowest BCUT2D eigenvalue weighted by atomic mass is 9.95. The molecular formula is C17H21NO5. The zero-order valence-electron chi connectivity index (χ0n) is 13.2. The molecule has 0 heterocycles. The van der Waals surface area contributed by atoms with Gasteiger partial charge in [-0.1, -0.05) is 19.3 Å². The maximum atomic E-state index is 11.9. The zero-order valence-corrected chi connectivity index (χ0v) is 13.2. The van der Waals surface area contributed by atoms with Gasteiger partial charge in [-0.05, 0) is 37.1 Å². The van der Waals surface area contributed by atoms with E-state index < -0.39 is 11.9 Å². The first-order valence-electron chi connectivity index (χ1n) is 7.75. The van der Waals surface area contributed by atoms with Gasteiger partial charge >= 0.3 is 11.9 Å². The highest BCUT2D eigenvalue weighted by molar-refractivity contribution is 5.94. The highest BCUT2D eigenvalue weighted by atomic mass is 16.5. The summed E-state index contributed by atoms with van der Waals surface area (Å²) in [6, 6.07) is 6.07. The van der Waals surface area contributed by atoms with Crippen molar-refractivity contribution >= 4 is 17.8 Å². The molecule has 1 aliphatic rings. The van der Waals surface area contributed by atoms with Crippen LogP contribution in [0.2, 0.25) is 0 Å². The van der Waals surface area contributed by atoms with Crippen LogP contribution in [0.5, 0.6) is 0 Å². The molecule has 0 spiro atoms. The molecule has 124 valence electrons. The van der Waals surface area contributed by atoms with Gasteiger partial charge in [0.05, 0.1) is 18.2 Å². The van der Waals surface area contributed by atoms with Crippen molar-refractivity contribution in [3.8, 4) is 0 Å². The van der Waals surface area contributed by atoms with Gasteiger partial charge in [0.25, 0.3) is 5.91 Å². The second kappa shape index (κ2) is 8.31. The van der Waals surface area contributed by atoms with Gasteiger partial charge in [-0.15, -0.1) is 0 Å². The number of amides is 1. The molecular weight excluding hydrogens is 298 g/mol. The van der Waals surface area contributed by atoms with Crippen molar-refractivity contribution in [3.05, 3.63) is 35.4 Å². The van der Waals surface area contributed by atoms with E-state index in [9.17, 15) is 14.4 Å². The van der Waals surface area contributed by atoms with Gasteiger partial charge in [0.15, 0.2) is 6.61 Å². The summed E-state index contributed by atoms with van der Waals surface area (Å²) in [6.45, 7) is -0.298. The van der Waals surface area contributed by atoms with Crippen molar-refractivity contribution in [2.75, 3.05) is 13.7 Å². The van der Waals surface area contributed by atoms with E-state index >= 15 is 0 Å². The molecule has 0 aliphatic heterocycles. The van der Waals surface area contributed by atoms with Gasteiger partial charge in [0.2, 0.25) is 0 Å². The predicted octanol–water partition coefficient (Wildman–Crippen LogP) is 2.08. The highest BCUT2D eigenvalue weighted by Gasteiger charge is 2.17. The Kier molecular flexibility index (Phi) is 6.14. The van der Waals surface area contributed by atoms with E-state index in [2.05, 4.69) is 10.1 Å². The summed E-state index contributed by atoms with van der Waals surface area (Å²) in [5, 5.41) is 2.88. The minimum Gasteiger partial charge on any atom is -0.465 e. The Morgan fingerprint density at radius 2 is 1.57 bits per heavy atom. The first-order valence-corrected chi connectivity index (χ1v) is 7.75. The van der Waals surface area contributed by atoms with Crippen molar-refractivity contribution in [1.29, 1.82) is 0 Å². The molecule has 2 rings (SSSR count). The average molecular weight is 319 g/mol. The van der Waals surface area contributed by atoms with Crippen LogP contribution in [-0.2, 0) is 14.3 Å².